The minimum Gasteiger partial charge on any atom is -1.00 e. The van der Waals surface area contributed by atoms with Crippen LogP contribution in [0.4, 0.5) is 0 Å². The van der Waals surface area contributed by atoms with Gasteiger partial charge in [0.05, 0.1) is 4.90 Å². The van der Waals surface area contributed by atoms with E-state index in [0.29, 0.717) is 0 Å². The molecule has 0 N–H and O–H groups in total. The first kappa shape index (κ1) is 19.4. The second-order valence-electron chi connectivity index (χ2n) is 2.26. The Balaban J connectivity index is 0. The molecule has 0 unspecified atom stereocenters. The Kier molecular flexibility index (Phi) is 9.71. The van der Waals surface area contributed by atoms with E-state index >= 15 is 0 Å². The van der Waals surface area contributed by atoms with E-state index in [2.05, 4.69) is 47.8 Å². The number of benzene rings is 1. The monoisotopic (exact) mass is 624 g/mol. The smallest absolute Gasteiger partial charge is 1.00 e. The third-order valence-electron chi connectivity index (χ3n) is 1.36. The molecule has 90 valence electrons. The van der Waals surface area contributed by atoms with Crippen LogP contribution in [0.3, 0.4) is 0 Å². The molecule has 1 aromatic carbocycles. The van der Waals surface area contributed by atoms with Gasteiger partial charge in [0, 0.05) is 0 Å². The van der Waals surface area contributed by atoms with Crippen LogP contribution in [0.15, 0.2) is 35.2 Å². The van der Waals surface area contributed by atoms with Crippen molar-refractivity contribution in [2.24, 2.45) is 0 Å². The molecule has 0 saturated heterocycles. The van der Waals surface area contributed by atoms with Crippen molar-refractivity contribution in [3.05, 3.63) is 30.3 Å². The van der Waals surface area contributed by atoms with Crippen LogP contribution < -0.4 is 24.0 Å². The van der Waals surface area contributed by atoms with Crippen LogP contribution in [0.25, 0.3) is 0 Å². The zero-order valence-corrected chi connectivity index (χ0v) is 16.1. The first-order chi connectivity index (χ1) is 5.86. The summed E-state index contributed by atoms with van der Waals surface area (Å²) < 4.78 is 22.1. The molecule has 0 fully saturated rings. The number of rotatable bonds is 1. The van der Waals surface area contributed by atoms with Crippen LogP contribution >= 0.6 is 47.8 Å². The van der Waals surface area contributed by atoms with Crippen molar-refractivity contribution in [2.45, 2.75) is 6.37 Å². The molecule has 0 aromatic heterocycles. The van der Waals surface area contributed by atoms with Gasteiger partial charge >= 0.3 is 22.4 Å². The fourth-order valence-electron chi connectivity index (χ4n) is 0.733. The molecule has 0 amide bonds. The number of hydrogen-bond acceptors (Lipinski definition) is 2. The van der Waals surface area contributed by atoms with E-state index in [1.807, 2.05) is 0 Å². The van der Waals surface area contributed by atoms with Gasteiger partial charge in [0.2, 0.25) is 11.3 Å². The van der Waals surface area contributed by atoms with E-state index in [1.165, 1.54) is 12.1 Å². The molecule has 0 aliphatic carbocycles. The van der Waals surface area contributed by atoms with Crippen molar-refractivity contribution < 1.29 is 54.8 Å². The van der Waals surface area contributed by atoms with Crippen molar-refractivity contribution in [2.75, 3.05) is 0 Å². The van der Waals surface area contributed by atoms with Crippen LogP contribution in [-0.4, -0.2) is 9.89 Å². The zero-order chi connectivity index (χ0) is 10.1. The van der Waals surface area contributed by atoms with Crippen molar-refractivity contribution in [1.82, 2.24) is 0 Å². The largest absolute Gasteiger partial charge is 1.00 e. The molecule has 0 aliphatic heterocycles. The summed E-state index contributed by atoms with van der Waals surface area (Å²) in [5.41, 5.74) is 0. The molecule has 0 bridgehead atoms. The van der Waals surface area contributed by atoms with Crippen LogP contribution in [-0.2, 0) is 32.2 Å². The predicted octanol–water partition coefficient (Wildman–Crippen LogP) is 0.258. The van der Waals surface area contributed by atoms with E-state index in [1.54, 1.807) is 18.2 Å². The summed E-state index contributed by atoms with van der Waals surface area (Å²) in [6.45, 7) is 0. The maximum Gasteiger partial charge on any atom is 1.00 e. The van der Waals surface area contributed by atoms with Crippen LogP contribution in [0.1, 0.15) is 0 Å². The standard InChI is InChI=1S/C7H5Br3O2S.Ag.HI/c8-7(9,10)13(11,12)6-4-2-1-3-5-6;;/h1-5H;;1H/q;+1;/p-1. The van der Waals surface area contributed by atoms with Crippen molar-refractivity contribution in [1.29, 1.82) is 0 Å². The maximum absolute atomic E-state index is 11.7. The number of hydrogen-bond donors (Lipinski definition) is 0. The van der Waals surface area contributed by atoms with Gasteiger partial charge in [0.25, 0.3) is 0 Å². The summed E-state index contributed by atoms with van der Waals surface area (Å²) in [6, 6.07) is 8.18. The predicted molar refractivity (Wildman–Crippen MR) is 63.1 cm³/mol. The van der Waals surface area contributed by atoms with Gasteiger partial charge in [-0.3, -0.25) is 0 Å². The van der Waals surface area contributed by atoms with E-state index in [9.17, 15) is 8.42 Å². The Morgan fingerprint density at radius 2 is 1.40 bits per heavy atom. The Labute approximate surface area is 147 Å². The first-order valence-corrected chi connectivity index (χ1v) is 7.08. The van der Waals surface area contributed by atoms with E-state index in [-0.39, 0.29) is 51.3 Å². The van der Waals surface area contributed by atoms with Gasteiger partial charge in [-0.15, -0.1) is 0 Å². The maximum atomic E-state index is 11.7. The van der Waals surface area contributed by atoms with E-state index in [4.69, 9.17) is 0 Å². The molecule has 0 atom stereocenters. The second kappa shape index (κ2) is 7.50. The van der Waals surface area contributed by atoms with Gasteiger partial charge in [0.1, 0.15) is 0 Å². The van der Waals surface area contributed by atoms with E-state index < -0.39 is 11.3 Å². The average Bonchev–Trinajstić information content (AvgIpc) is 2.04. The molecule has 0 heterocycles. The second-order valence-corrected chi connectivity index (χ2v) is 12.7. The topological polar surface area (TPSA) is 34.1 Å². The molecule has 1 aromatic rings. The molecule has 0 aliphatic rings. The SMILES string of the molecule is O=S(=O)(c1ccccc1)C(Br)(Br)Br.[Ag+].[I-]. The third kappa shape index (κ3) is 5.07. The van der Waals surface area contributed by atoms with Crippen LogP contribution in [0, 0.1) is 0 Å². The number of alkyl halides is 3. The quantitative estimate of drug-likeness (QED) is 0.255. The summed E-state index contributed by atoms with van der Waals surface area (Å²) in [5.74, 6) is 0. The normalized spacial score (nSPS) is 11.1. The Bertz CT molecular complexity index is 390. The Morgan fingerprint density at radius 1 is 1.00 bits per heavy atom. The molecule has 0 spiro atoms. The summed E-state index contributed by atoms with van der Waals surface area (Å²) in [6.07, 6.45) is 0. The van der Waals surface area contributed by atoms with Gasteiger partial charge in [-0.25, -0.2) is 8.42 Å². The molecule has 2 nitrogen and oxygen atoms in total. The minimum absolute atomic E-state index is 0. The average molecular weight is 628 g/mol. The molecule has 1 rings (SSSR count). The summed E-state index contributed by atoms with van der Waals surface area (Å²) in [5, 5.41) is 0. The Morgan fingerprint density at radius 3 is 1.73 bits per heavy atom. The molecule has 8 heteroatoms. The Hall–Kier alpha value is 2.08. The molecular formula is C7H5AgBr3IO2S. The van der Waals surface area contributed by atoms with Crippen molar-refractivity contribution in [3.63, 3.8) is 0 Å². The number of halogens is 4. The van der Waals surface area contributed by atoms with Gasteiger partial charge in [0.15, 0.2) is 0 Å². The van der Waals surface area contributed by atoms with Crippen molar-refractivity contribution in [3.8, 4) is 0 Å². The number of sulfone groups is 1. The zero-order valence-electron chi connectivity index (χ0n) is 6.92. The van der Waals surface area contributed by atoms with Gasteiger partial charge in [-0.2, -0.15) is 0 Å². The van der Waals surface area contributed by atoms with Crippen LogP contribution in [0.5, 0.6) is 0 Å². The van der Waals surface area contributed by atoms with E-state index in [0.717, 1.165) is 0 Å². The fraction of sp³-hybridized carbons (Fsp3) is 0.143. The summed E-state index contributed by atoms with van der Waals surface area (Å²) in [4.78, 5) is 0.251. The van der Waals surface area contributed by atoms with Gasteiger partial charge in [-0.1, -0.05) is 18.2 Å². The molecule has 0 saturated carbocycles. The third-order valence-corrected chi connectivity index (χ3v) is 6.70. The van der Waals surface area contributed by atoms with Crippen molar-refractivity contribution >= 4 is 57.6 Å². The van der Waals surface area contributed by atoms with Gasteiger partial charge < -0.3 is 24.0 Å². The summed E-state index contributed by atoms with van der Waals surface area (Å²) >= 11 is 8.95. The molecular weight excluding hydrogens is 623 g/mol. The first-order valence-electron chi connectivity index (χ1n) is 3.22. The molecule has 15 heavy (non-hydrogen) atoms. The minimum atomic E-state index is -3.43. The van der Waals surface area contributed by atoms with Gasteiger partial charge in [-0.05, 0) is 59.9 Å². The summed E-state index contributed by atoms with van der Waals surface area (Å²) in [7, 11) is -3.43. The van der Waals surface area contributed by atoms with Crippen LogP contribution in [0.2, 0.25) is 0 Å². The molecule has 0 radical (unpaired) electrons. The fourth-order valence-corrected chi connectivity index (χ4v) is 3.20.